The van der Waals surface area contributed by atoms with Gasteiger partial charge in [0, 0.05) is 18.1 Å². The molecule has 138 valence electrons. The number of rotatable bonds is 4. The summed E-state index contributed by atoms with van der Waals surface area (Å²) in [4.78, 5) is 12.3. The standard InChI is InChI=1S/C18H17Cl2NO4S/c19-14-5-7-15(8-6-14)25-18(22)13-4-9-16(20)17(12-13)26(23,24)21-10-2-1-3-11-21/h4-9,12H,1-3,10-11H2. The lowest BCUT2D eigenvalue weighted by Crippen LogP contribution is -2.35. The molecule has 8 heteroatoms. The smallest absolute Gasteiger partial charge is 0.343 e. The maximum atomic E-state index is 12.9. The molecule has 0 atom stereocenters. The lowest BCUT2D eigenvalue weighted by molar-refractivity contribution is 0.0734. The number of sulfonamides is 1. The van der Waals surface area contributed by atoms with Gasteiger partial charge in [0.05, 0.1) is 10.6 Å². The van der Waals surface area contributed by atoms with Crippen LogP contribution < -0.4 is 4.74 Å². The summed E-state index contributed by atoms with van der Waals surface area (Å²) in [6.07, 6.45) is 2.64. The highest BCUT2D eigenvalue weighted by Crippen LogP contribution is 2.28. The second-order valence-electron chi connectivity index (χ2n) is 5.95. The van der Waals surface area contributed by atoms with Gasteiger partial charge in [-0.3, -0.25) is 0 Å². The van der Waals surface area contributed by atoms with E-state index in [2.05, 4.69) is 0 Å². The molecule has 1 aliphatic heterocycles. The zero-order chi connectivity index (χ0) is 18.7. The molecule has 1 aliphatic rings. The first-order chi connectivity index (χ1) is 12.4. The normalized spacial score (nSPS) is 15.6. The molecule has 0 amide bonds. The fraction of sp³-hybridized carbons (Fsp3) is 0.278. The molecule has 0 radical (unpaired) electrons. The Morgan fingerprint density at radius 1 is 0.962 bits per heavy atom. The Morgan fingerprint density at radius 2 is 1.62 bits per heavy atom. The first kappa shape index (κ1) is 19.2. The van der Waals surface area contributed by atoms with Crippen molar-refractivity contribution < 1.29 is 17.9 Å². The first-order valence-corrected chi connectivity index (χ1v) is 10.3. The number of halogens is 2. The molecule has 1 fully saturated rings. The summed E-state index contributed by atoms with van der Waals surface area (Å²) in [5.74, 6) is -0.353. The van der Waals surface area contributed by atoms with Crippen molar-refractivity contribution >= 4 is 39.2 Å². The molecule has 0 aromatic heterocycles. The molecule has 1 saturated heterocycles. The average molecular weight is 414 g/mol. The summed E-state index contributed by atoms with van der Waals surface area (Å²) >= 11 is 11.9. The van der Waals surface area contributed by atoms with Crippen molar-refractivity contribution in [3.8, 4) is 5.75 Å². The van der Waals surface area contributed by atoms with Crippen LogP contribution in [-0.4, -0.2) is 31.8 Å². The van der Waals surface area contributed by atoms with Crippen LogP contribution in [0.2, 0.25) is 10.0 Å². The van der Waals surface area contributed by atoms with E-state index in [4.69, 9.17) is 27.9 Å². The molecule has 0 aliphatic carbocycles. The second-order valence-corrected chi connectivity index (χ2v) is 8.70. The van der Waals surface area contributed by atoms with E-state index in [9.17, 15) is 13.2 Å². The highest BCUT2D eigenvalue weighted by Gasteiger charge is 2.29. The van der Waals surface area contributed by atoms with Crippen molar-refractivity contribution in [3.63, 3.8) is 0 Å². The van der Waals surface area contributed by atoms with E-state index >= 15 is 0 Å². The third-order valence-corrected chi connectivity index (χ3v) is 6.76. The number of carbonyl (C=O) groups excluding carboxylic acids is 1. The SMILES string of the molecule is O=C(Oc1ccc(Cl)cc1)c1ccc(Cl)c(S(=O)(=O)N2CCCCC2)c1. The predicted molar refractivity (Wildman–Crippen MR) is 100 cm³/mol. The van der Waals surface area contributed by atoms with Crippen molar-refractivity contribution in [1.29, 1.82) is 0 Å². The minimum Gasteiger partial charge on any atom is -0.423 e. The Labute approximate surface area is 162 Å². The fourth-order valence-corrected chi connectivity index (χ4v) is 4.88. The summed E-state index contributed by atoms with van der Waals surface area (Å²) in [6.45, 7) is 0.913. The Kier molecular flexibility index (Phi) is 5.87. The molecule has 2 aromatic carbocycles. The van der Waals surface area contributed by atoms with Gasteiger partial charge >= 0.3 is 5.97 Å². The number of piperidine rings is 1. The van der Waals surface area contributed by atoms with E-state index < -0.39 is 16.0 Å². The maximum absolute atomic E-state index is 12.9. The van der Waals surface area contributed by atoms with Gasteiger partial charge in [0.2, 0.25) is 10.0 Å². The van der Waals surface area contributed by atoms with Crippen LogP contribution >= 0.6 is 23.2 Å². The summed E-state index contributed by atoms with van der Waals surface area (Å²) < 4.78 is 32.4. The molecule has 0 N–H and O–H groups in total. The highest BCUT2D eigenvalue weighted by atomic mass is 35.5. The van der Waals surface area contributed by atoms with Gasteiger partial charge in [-0.1, -0.05) is 29.6 Å². The first-order valence-electron chi connectivity index (χ1n) is 8.15. The number of hydrogen-bond acceptors (Lipinski definition) is 4. The second kappa shape index (κ2) is 7.96. The molecule has 5 nitrogen and oxygen atoms in total. The van der Waals surface area contributed by atoms with Crippen molar-refractivity contribution in [2.75, 3.05) is 13.1 Å². The van der Waals surface area contributed by atoms with Crippen LogP contribution in [-0.2, 0) is 10.0 Å². The molecule has 1 heterocycles. The molecular formula is C18H17Cl2NO4S. The number of esters is 1. The summed E-state index contributed by atoms with van der Waals surface area (Å²) in [7, 11) is -3.75. The van der Waals surface area contributed by atoms with E-state index in [1.54, 1.807) is 24.3 Å². The minimum atomic E-state index is -3.75. The van der Waals surface area contributed by atoms with Gasteiger partial charge in [-0.25, -0.2) is 13.2 Å². The molecular weight excluding hydrogens is 397 g/mol. The Bertz CT molecular complexity index is 907. The van der Waals surface area contributed by atoms with Crippen molar-refractivity contribution in [1.82, 2.24) is 4.31 Å². The highest BCUT2D eigenvalue weighted by molar-refractivity contribution is 7.89. The molecule has 3 rings (SSSR count). The molecule has 26 heavy (non-hydrogen) atoms. The number of carbonyl (C=O) groups is 1. The topological polar surface area (TPSA) is 63.7 Å². The van der Waals surface area contributed by atoms with Gasteiger partial charge < -0.3 is 4.74 Å². The Morgan fingerprint density at radius 3 is 2.27 bits per heavy atom. The van der Waals surface area contributed by atoms with Crippen LogP contribution in [0.5, 0.6) is 5.75 Å². The fourth-order valence-electron chi connectivity index (χ4n) is 2.74. The van der Waals surface area contributed by atoms with E-state index in [-0.39, 0.29) is 15.5 Å². The lowest BCUT2D eigenvalue weighted by Gasteiger charge is -2.26. The summed E-state index contributed by atoms with van der Waals surface area (Å²) in [5.41, 5.74) is 0.111. The van der Waals surface area contributed by atoms with Crippen LogP contribution in [0.4, 0.5) is 0 Å². The molecule has 0 unspecified atom stereocenters. The molecule has 2 aromatic rings. The number of hydrogen-bond donors (Lipinski definition) is 0. The van der Waals surface area contributed by atoms with E-state index in [0.29, 0.717) is 23.9 Å². The van der Waals surface area contributed by atoms with Gasteiger partial charge in [0.1, 0.15) is 10.6 Å². The van der Waals surface area contributed by atoms with Crippen LogP contribution in [0.3, 0.4) is 0 Å². The van der Waals surface area contributed by atoms with Gasteiger partial charge in [0.25, 0.3) is 0 Å². The largest absolute Gasteiger partial charge is 0.423 e. The lowest BCUT2D eigenvalue weighted by atomic mass is 10.2. The Balaban J connectivity index is 1.87. The molecule has 0 saturated carbocycles. The van der Waals surface area contributed by atoms with Crippen LogP contribution in [0, 0.1) is 0 Å². The zero-order valence-corrected chi connectivity index (χ0v) is 16.1. The van der Waals surface area contributed by atoms with Crippen LogP contribution in [0.25, 0.3) is 0 Å². The zero-order valence-electron chi connectivity index (χ0n) is 13.8. The van der Waals surface area contributed by atoms with Gasteiger partial charge in [-0.15, -0.1) is 0 Å². The average Bonchev–Trinajstić information content (AvgIpc) is 2.64. The number of nitrogens with zero attached hydrogens (tertiary/aromatic N) is 1. The van der Waals surface area contributed by atoms with Crippen LogP contribution in [0.1, 0.15) is 29.6 Å². The van der Waals surface area contributed by atoms with Gasteiger partial charge in [-0.05, 0) is 55.3 Å². The third-order valence-electron chi connectivity index (χ3n) is 4.12. The molecule has 0 bridgehead atoms. The minimum absolute atomic E-state index is 0.0772. The van der Waals surface area contributed by atoms with Gasteiger partial charge in [0.15, 0.2) is 0 Å². The quantitative estimate of drug-likeness (QED) is 0.550. The van der Waals surface area contributed by atoms with E-state index in [1.165, 1.54) is 22.5 Å². The van der Waals surface area contributed by atoms with Crippen molar-refractivity contribution in [2.45, 2.75) is 24.2 Å². The Hall–Kier alpha value is -1.60. The van der Waals surface area contributed by atoms with Gasteiger partial charge in [-0.2, -0.15) is 4.31 Å². The van der Waals surface area contributed by atoms with Crippen molar-refractivity contribution in [3.05, 3.63) is 58.1 Å². The summed E-state index contributed by atoms with van der Waals surface area (Å²) in [6, 6.07) is 10.4. The van der Waals surface area contributed by atoms with E-state index in [0.717, 1.165) is 19.3 Å². The van der Waals surface area contributed by atoms with E-state index in [1.807, 2.05) is 0 Å². The molecule has 0 spiro atoms. The van der Waals surface area contributed by atoms with Crippen molar-refractivity contribution in [2.24, 2.45) is 0 Å². The monoisotopic (exact) mass is 413 g/mol. The predicted octanol–water partition coefficient (Wildman–Crippen LogP) is 4.39. The number of ether oxygens (including phenoxy) is 1. The third kappa shape index (κ3) is 4.20. The maximum Gasteiger partial charge on any atom is 0.343 e. The van der Waals surface area contributed by atoms with Crippen LogP contribution in [0.15, 0.2) is 47.4 Å². The summed E-state index contributed by atoms with van der Waals surface area (Å²) in [5, 5.41) is 0.602. The number of benzene rings is 2.